The zero-order valence-electron chi connectivity index (χ0n) is 17.0. The molecule has 0 radical (unpaired) electrons. The number of aromatic hydroxyl groups is 1. The molecule has 0 amide bonds. The van der Waals surface area contributed by atoms with Gasteiger partial charge in [-0.15, -0.1) is 10.2 Å². The number of azo groups is 1. The highest BCUT2D eigenvalue weighted by Crippen LogP contribution is 2.38. The van der Waals surface area contributed by atoms with Gasteiger partial charge in [0.25, 0.3) is 0 Å². The van der Waals surface area contributed by atoms with Gasteiger partial charge in [0.2, 0.25) is 5.88 Å². The molecule has 31 heavy (non-hydrogen) atoms. The number of H-pyrrole nitrogens is 1. The number of aromatic amines is 1. The lowest BCUT2D eigenvalue weighted by Crippen LogP contribution is -2.02. The number of hydrogen-bond acceptors (Lipinski definition) is 5. The highest BCUT2D eigenvalue weighted by molar-refractivity contribution is 6.31. The maximum absolute atomic E-state index is 10.3. The minimum absolute atomic E-state index is 0.0686. The molecule has 3 aromatic heterocycles. The van der Waals surface area contributed by atoms with Crippen LogP contribution in [0.4, 0.5) is 11.5 Å². The summed E-state index contributed by atoms with van der Waals surface area (Å²) in [6.07, 6.45) is 1.49. The van der Waals surface area contributed by atoms with Crippen molar-refractivity contribution in [3.63, 3.8) is 0 Å². The fourth-order valence-corrected chi connectivity index (χ4v) is 3.99. The molecule has 8 heteroatoms. The minimum Gasteiger partial charge on any atom is -0.493 e. The second kappa shape index (κ2) is 7.52. The Balaban J connectivity index is 1.61. The second-order valence-electron chi connectivity index (χ2n) is 7.39. The van der Waals surface area contributed by atoms with E-state index in [1.54, 1.807) is 18.2 Å². The van der Waals surface area contributed by atoms with E-state index in [2.05, 4.69) is 48.8 Å². The van der Waals surface area contributed by atoms with Crippen molar-refractivity contribution in [3.05, 3.63) is 76.7 Å². The SMILES string of the molecule is Cc1c(C)n(Cc2ccccc2)c2ncnc(N=Nc3c(O)[nH]c4ccc(Cl)cc34)c12. The van der Waals surface area contributed by atoms with Crippen LogP contribution in [0.25, 0.3) is 21.9 Å². The Morgan fingerprint density at radius 2 is 1.87 bits per heavy atom. The van der Waals surface area contributed by atoms with Crippen LogP contribution in [0.15, 0.2) is 65.1 Å². The van der Waals surface area contributed by atoms with Gasteiger partial charge in [0.1, 0.15) is 12.0 Å². The van der Waals surface area contributed by atoms with Gasteiger partial charge >= 0.3 is 0 Å². The summed E-state index contributed by atoms with van der Waals surface area (Å²) in [5.74, 6) is 0.383. The first-order valence-corrected chi connectivity index (χ1v) is 10.2. The number of benzene rings is 2. The summed E-state index contributed by atoms with van der Waals surface area (Å²) in [5.41, 5.74) is 5.18. The molecule has 5 rings (SSSR count). The van der Waals surface area contributed by atoms with Crippen molar-refractivity contribution in [2.24, 2.45) is 10.2 Å². The smallest absolute Gasteiger partial charge is 0.218 e. The van der Waals surface area contributed by atoms with Gasteiger partial charge in [-0.05, 0) is 43.2 Å². The van der Waals surface area contributed by atoms with E-state index >= 15 is 0 Å². The van der Waals surface area contributed by atoms with Crippen LogP contribution in [0.2, 0.25) is 5.02 Å². The Hall–Kier alpha value is -3.71. The van der Waals surface area contributed by atoms with Gasteiger partial charge in [0.15, 0.2) is 11.5 Å². The Morgan fingerprint density at radius 3 is 2.68 bits per heavy atom. The minimum atomic E-state index is -0.0686. The number of fused-ring (bicyclic) bond motifs is 2. The number of halogens is 1. The lowest BCUT2D eigenvalue weighted by molar-refractivity contribution is 0.459. The van der Waals surface area contributed by atoms with Crippen LogP contribution in [0.1, 0.15) is 16.8 Å². The molecule has 154 valence electrons. The number of hydrogen-bond donors (Lipinski definition) is 2. The van der Waals surface area contributed by atoms with E-state index in [0.717, 1.165) is 27.8 Å². The molecule has 5 aromatic rings. The van der Waals surface area contributed by atoms with Crippen LogP contribution in [-0.4, -0.2) is 24.6 Å². The lowest BCUT2D eigenvalue weighted by atomic mass is 10.2. The lowest BCUT2D eigenvalue weighted by Gasteiger charge is -2.07. The summed E-state index contributed by atoms with van der Waals surface area (Å²) in [6.45, 7) is 4.80. The van der Waals surface area contributed by atoms with Crippen molar-refractivity contribution in [2.45, 2.75) is 20.4 Å². The number of nitrogens with zero attached hydrogens (tertiary/aromatic N) is 5. The van der Waals surface area contributed by atoms with Gasteiger partial charge in [0, 0.05) is 22.6 Å². The molecule has 0 aliphatic rings. The maximum Gasteiger partial charge on any atom is 0.218 e. The van der Waals surface area contributed by atoms with Gasteiger partial charge in [-0.3, -0.25) is 0 Å². The molecular formula is C23H19ClN6O. The van der Waals surface area contributed by atoms with Crippen LogP contribution in [-0.2, 0) is 6.54 Å². The standard InChI is InChI=1S/C23H19ClN6O/c1-13-14(2)30(11-15-6-4-3-5-7-15)22-19(13)21(25-12-26-22)29-28-20-17-10-16(24)8-9-18(17)27-23(20)31/h3-10,12,27,31H,11H2,1-2H3. The number of rotatable bonds is 4. The molecule has 3 heterocycles. The Labute approximate surface area is 183 Å². The fourth-order valence-electron chi connectivity index (χ4n) is 3.82. The first-order valence-electron chi connectivity index (χ1n) is 9.79. The normalized spacial score (nSPS) is 11.8. The monoisotopic (exact) mass is 430 g/mol. The third-order valence-corrected chi connectivity index (χ3v) is 5.76. The van der Waals surface area contributed by atoms with Crippen LogP contribution in [0.5, 0.6) is 5.88 Å². The molecular weight excluding hydrogens is 412 g/mol. The van der Waals surface area contributed by atoms with Crippen molar-refractivity contribution in [2.75, 3.05) is 0 Å². The summed E-state index contributed by atoms with van der Waals surface area (Å²) >= 11 is 6.11. The molecule has 0 aliphatic carbocycles. The predicted molar refractivity (Wildman–Crippen MR) is 122 cm³/mol. The van der Waals surface area contributed by atoms with Crippen LogP contribution in [0, 0.1) is 13.8 Å². The van der Waals surface area contributed by atoms with Gasteiger partial charge < -0.3 is 14.7 Å². The van der Waals surface area contributed by atoms with Crippen LogP contribution in [0.3, 0.4) is 0 Å². The molecule has 0 aliphatic heterocycles. The highest BCUT2D eigenvalue weighted by Gasteiger charge is 2.17. The van der Waals surface area contributed by atoms with Gasteiger partial charge in [-0.1, -0.05) is 41.9 Å². The quantitative estimate of drug-likeness (QED) is 0.325. The van der Waals surface area contributed by atoms with E-state index in [1.807, 2.05) is 25.1 Å². The molecule has 0 atom stereocenters. The van der Waals surface area contributed by atoms with Crippen LogP contribution >= 0.6 is 11.6 Å². The van der Waals surface area contributed by atoms with E-state index in [9.17, 15) is 5.11 Å². The molecule has 2 aromatic carbocycles. The molecule has 0 saturated carbocycles. The molecule has 0 unspecified atom stereocenters. The van der Waals surface area contributed by atoms with E-state index in [0.29, 0.717) is 28.5 Å². The van der Waals surface area contributed by atoms with E-state index in [4.69, 9.17) is 11.6 Å². The summed E-state index contributed by atoms with van der Waals surface area (Å²) in [7, 11) is 0. The van der Waals surface area contributed by atoms with Crippen molar-refractivity contribution in [1.82, 2.24) is 19.5 Å². The van der Waals surface area contributed by atoms with Gasteiger partial charge in [-0.25, -0.2) is 9.97 Å². The maximum atomic E-state index is 10.3. The number of aryl methyl sites for hydroxylation is 1. The molecule has 0 bridgehead atoms. The summed E-state index contributed by atoms with van der Waals surface area (Å²) < 4.78 is 2.16. The average molecular weight is 431 g/mol. The topological polar surface area (TPSA) is 91.4 Å². The summed E-state index contributed by atoms with van der Waals surface area (Å²) in [6, 6.07) is 15.5. The second-order valence-corrected chi connectivity index (χ2v) is 7.83. The Bertz CT molecular complexity index is 1450. The third-order valence-electron chi connectivity index (χ3n) is 5.53. The van der Waals surface area contributed by atoms with Crippen molar-refractivity contribution in [1.29, 1.82) is 0 Å². The molecule has 0 saturated heterocycles. The molecule has 2 N–H and O–H groups in total. The van der Waals surface area contributed by atoms with Crippen molar-refractivity contribution in [3.8, 4) is 5.88 Å². The summed E-state index contributed by atoms with van der Waals surface area (Å²) in [4.78, 5) is 11.8. The molecule has 7 nitrogen and oxygen atoms in total. The summed E-state index contributed by atoms with van der Waals surface area (Å²) in [5, 5.41) is 21.1. The van der Waals surface area contributed by atoms with E-state index in [1.165, 1.54) is 11.9 Å². The first kappa shape index (κ1) is 19.3. The fraction of sp³-hybridized carbons (Fsp3) is 0.130. The predicted octanol–water partition coefficient (Wildman–Crippen LogP) is 6.35. The largest absolute Gasteiger partial charge is 0.493 e. The number of nitrogens with one attached hydrogen (secondary N) is 1. The highest BCUT2D eigenvalue weighted by atomic mass is 35.5. The Kier molecular flexibility index (Phi) is 4.67. The van der Waals surface area contributed by atoms with Crippen LogP contribution < -0.4 is 0 Å². The average Bonchev–Trinajstić information content (AvgIpc) is 3.21. The first-order chi connectivity index (χ1) is 15.0. The van der Waals surface area contributed by atoms with Crippen molar-refractivity contribution >= 4 is 45.0 Å². The third kappa shape index (κ3) is 3.33. The zero-order valence-corrected chi connectivity index (χ0v) is 17.7. The van der Waals surface area contributed by atoms with Crippen molar-refractivity contribution < 1.29 is 5.11 Å². The zero-order chi connectivity index (χ0) is 21.5. The van der Waals surface area contributed by atoms with E-state index < -0.39 is 0 Å². The number of aromatic nitrogens is 4. The van der Waals surface area contributed by atoms with Gasteiger partial charge in [0.05, 0.1) is 10.9 Å². The molecule has 0 fully saturated rings. The van der Waals surface area contributed by atoms with Gasteiger partial charge in [-0.2, -0.15) is 0 Å². The molecule has 0 spiro atoms. The van der Waals surface area contributed by atoms with E-state index in [-0.39, 0.29) is 5.88 Å². The Morgan fingerprint density at radius 1 is 1.06 bits per heavy atom.